The molecule has 11 nitrogen and oxygen atoms in total. The Morgan fingerprint density at radius 1 is 1.06 bits per heavy atom. The van der Waals surface area contributed by atoms with Gasteiger partial charge in [-0.15, -0.1) is 0 Å². The molecule has 266 valence electrons. The fourth-order valence-corrected chi connectivity index (χ4v) is 6.62. The summed E-state index contributed by atoms with van der Waals surface area (Å²) in [5.41, 5.74) is 0.733. The quantitative estimate of drug-likeness (QED) is 0.225. The number of carbonyl (C=O) groups is 3. The van der Waals surface area contributed by atoms with Gasteiger partial charge in [0.2, 0.25) is 15.9 Å². The molecule has 1 aromatic heterocycles. The van der Waals surface area contributed by atoms with Crippen LogP contribution in [-0.2, 0) is 19.6 Å². The maximum absolute atomic E-state index is 15.1. The minimum Gasteiger partial charge on any atom is -0.455 e. The number of sulfonamides is 1. The highest BCUT2D eigenvalue weighted by molar-refractivity contribution is 7.92. The van der Waals surface area contributed by atoms with Crippen molar-refractivity contribution >= 4 is 44.6 Å². The number of nitrogens with zero attached hydrogens (tertiary/aromatic N) is 2. The highest BCUT2D eigenvalue weighted by Gasteiger charge is 2.36. The van der Waals surface area contributed by atoms with Crippen molar-refractivity contribution in [3.63, 3.8) is 0 Å². The molecule has 1 fully saturated rings. The fourth-order valence-electron chi connectivity index (χ4n) is 6.10. The van der Waals surface area contributed by atoms with Crippen molar-refractivity contribution in [3.8, 4) is 11.3 Å². The molecule has 3 amide bonds. The number of hydrogen-bond acceptors (Lipinski definition) is 7. The third-order valence-electron chi connectivity index (χ3n) is 8.53. The lowest BCUT2D eigenvalue weighted by Gasteiger charge is -2.37. The number of nitrogens with one attached hydrogen (secondary N) is 2. The molecular weight excluding hydrogens is 670 g/mol. The first-order valence-corrected chi connectivity index (χ1v) is 17.9. The molecule has 0 unspecified atom stereocenters. The Bertz CT molecular complexity index is 2040. The van der Waals surface area contributed by atoms with E-state index in [0.717, 1.165) is 10.6 Å². The van der Waals surface area contributed by atoms with E-state index in [4.69, 9.17) is 9.15 Å². The Morgan fingerprint density at radius 3 is 2.36 bits per heavy atom. The molecule has 0 aliphatic carbocycles. The van der Waals surface area contributed by atoms with Crippen LogP contribution in [0.15, 0.2) is 65.1 Å². The number of alkyl carbamates (subject to hydrolysis) is 1. The Kier molecular flexibility index (Phi) is 10.2. The van der Waals surface area contributed by atoms with Gasteiger partial charge in [0.05, 0.1) is 17.5 Å². The molecule has 50 heavy (non-hydrogen) atoms. The van der Waals surface area contributed by atoms with Gasteiger partial charge in [0.15, 0.2) is 0 Å². The van der Waals surface area contributed by atoms with E-state index in [1.54, 1.807) is 32.9 Å². The zero-order valence-corrected chi connectivity index (χ0v) is 29.5. The van der Waals surface area contributed by atoms with Crippen molar-refractivity contribution in [1.82, 2.24) is 15.5 Å². The first-order valence-electron chi connectivity index (χ1n) is 16.0. The predicted octanol–water partition coefficient (Wildman–Crippen LogP) is 6.11. The van der Waals surface area contributed by atoms with E-state index in [1.807, 2.05) is 0 Å². The molecule has 0 radical (unpaired) electrons. The van der Waals surface area contributed by atoms with E-state index in [9.17, 15) is 27.2 Å². The van der Waals surface area contributed by atoms with Crippen LogP contribution in [0, 0.1) is 11.6 Å². The maximum Gasteiger partial charge on any atom is 0.408 e. The van der Waals surface area contributed by atoms with Crippen molar-refractivity contribution in [1.29, 1.82) is 0 Å². The largest absolute Gasteiger partial charge is 0.455 e. The van der Waals surface area contributed by atoms with Crippen LogP contribution in [0.3, 0.4) is 0 Å². The molecular formula is C36H40F2N4O7S. The van der Waals surface area contributed by atoms with Crippen LogP contribution in [0.4, 0.5) is 19.3 Å². The highest BCUT2D eigenvalue weighted by atomic mass is 32.2. The summed E-state index contributed by atoms with van der Waals surface area (Å²) in [6.07, 6.45) is 1.21. The van der Waals surface area contributed by atoms with Gasteiger partial charge in [-0.1, -0.05) is 18.2 Å². The number of ether oxygens (including phenoxy) is 1. The van der Waals surface area contributed by atoms with Crippen LogP contribution in [0.5, 0.6) is 0 Å². The number of piperidine rings is 1. The molecule has 2 N–H and O–H groups in total. The van der Waals surface area contributed by atoms with Crippen LogP contribution in [0.25, 0.3) is 22.3 Å². The van der Waals surface area contributed by atoms with E-state index < -0.39 is 57.1 Å². The Morgan fingerprint density at radius 2 is 1.74 bits per heavy atom. The lowest BCUT2D eigenvalue weighted by Crippen LogP contribution is -2.47. The summed E-state index contributed by atoms with van der Waals surface area (Å²) in [7, 11) is -0.933. The number of hydrogen-bond donors (Lipinski definition) is 2. The lowest BCUT2D eigenvalue weighted by molar-refractivity contribution is -0.135. The average Bonchev–Trinajstić information content (AvgIpc) is 3.43. The van der Waals surface area contributed by atoms with Gasteiger partial charge in [0, 0.05) is 55.7 Å². The standard InChI is InChI=1S/C36H40F2N4O7S/c1-36(2,3)49-35(45)40-31(24-11-7-8-12-27(24)38)34(44)42-17-9-10-22(20-42)25-18-26-29(19-28(25)41(5)50(6,46)47)48-32(30(26)33(43)39-4)21-13-15-23(37)16-14-21/h7-8,11-16,18-19,22,31H,9-10,17,20H2,1-6H3,(H,39,43)(H,40,45)/t22-,31+/m0/s1. The minimum atomic E-state index is -3.79. The molecule has 0 spiro atoms. The molecule has 4 aromatic rings. The van der Waals surface area contributed by atoms with Crippen molar-refractivity contribution in [3.05, 3.63) is 89.0 Å². The zero-order chi connectivity index (χ0) is 36.5. The summed E-state index contributed by atoms with van der Waals surface area (Å²) in [5, 5.41) is 5.55. The number of anilines is 1. The van der Waals surface area contributed by atoms with E-state index in [-0.39, 0.29) is 34.7 Å². The first kappa shape index (κ1) is 36.3. The fraction of sp³-hybridized carbons (Fsp3) is 0.361. The SMILES string of the molecule is CNC(=O)c1c(-c2ccc(F)cc2)oc2cc(N(C)S(C)(=O)=O)c([C@H]3CCCN(C(=O)[C@H](NC(=O)OC(C)(C)C)c4ccccc4F)C3)cc12. The first-order chi connectivity index (χ1) is 23.5. The van der Waals surface area contributed by atoms with Gasteiger partial charge in [0.25, 0.3) is 5.91 Å². The number of furan rings is 1. The third-order valence-corrected chi connectivity index (χ3v) is 9.72. The third kappa shape index (κ3) is 7.75. The normalized spacial score (nSPS) is 15.8. The Balaban J connectivity index is 1.60. The number of fused-ring (bicyclic) bond motifs is 1. The van der Waals surface area contributed by atoms with Gasteiger partial charge in [-0.05, 0) is 75.6 Å². The molecule has 3 aromatic carbocycles. The number of benzene rings is 3. The van der Waals surface area contributed by atoms with Crippen LogP contribution in [-0.4, -0.2) is 70.3 Å². The maximum atomic E-state index is 15.1. The Labute approximate surface area is 289 Å². The van der Waals surface area contributed by atoms with Crippen molar-refractivity contribution in [2.24, 2.45) is 0 Å². The zero-order valence-electron chi connectivity index (χ0n) is 28.7. The van der Waals surface area contributed by atoms with Crippen LogP contribution in [0.2, 0.25) is 0 Å². The second kappa shape index (κ2) is 14.1. The van der Waals surface area contributed by atoms with E-state index in [1.165, 1.54) is 67.5 Å². The van der Waals surface area contributed by atoms with Crippen molar-refractivity contribution in [2.75, 3.05) is 37.7 Å². The van der Waals surface area contributed by atoms with Gasteiger partial charge in [-0.3, -0.25) is 13.9 Å². The van der Waals surface area contributed by atoms with Gasteiger partial charge in [-0.25, -0.2) is 22.0 Å². The Hall–Kier alpha value is -4.98. The summed E-state index contributed by atoms with van der Waals surface area (Å²) in [6.45, 7) is 5.39. The molecule has 1 aliphatic rings. The number of likely N-dealkylation sites (tertiary alicyclic amines) is 1. The molecule has 1 saturated heterocycles. The summed E-state index contributed by atoms with van der Waals surface area (Å²) in [6, 6.07) is 12.9. The molecule has 2 heterocycles. The van der Waals surface area contributed by atoms with Gasteiger partial charge in [0.1, 0.15) is 34.6 Å². The summed E-state index contributed by atoms with van der Waals surface area (Å²) in [5.74, 6) is -2.47. The molecule has 5 rings (SSSR count). The van der Waals surface area contributed by atoms with Gasteiger partial charge < -0.3 is 24.7 Å². The summed E-state index contributed by atoms with van der Waals surface area (Å²) >= 11 is 0. The second-order valence-electron chi connectivity index (χ2n) is 13.3. The van der Waals surface area contributed by atoms with E-state index in [2.05, 4.69) is 10.6 Å². The van der Waals surface area contributed by atoms with E-state index in [0.29, 0.717) is 35.9 Å². The van der Waals surface area contributed by atoms with Gasteiger partial charge in [-0.2, -0.15) is 0 Å². The number of amides is 3. The number of halogens is 2. The molecule has 2 atom stereocenters. The van der Waals surface area contributed by atoms with Crippen LogP contribution < -0.4 is 14.9 Å². The average molecular weight is 711 g/mol. The smallest absolute Gasteiger partial charge is 0.408 e. The topological polar surface area (TPSA) is 138 Å². The summed E-state index contributed by atoms with van der Waals surface area (Å²) < 4.78 is 67.3. The van der Waals surface area contributed by atoms with Crippen LogP contribution >= 0.6 is 0 Å². The number of rotatable bonds is 8. The molecule has 0 saturated carbocycles. The summed E-state index contributed by atoms with van der Waals surface area (Å²) in [4.78, 5) is 41.8. The predicted molar refractivity (Wildman–Crippen MR) is 185 cm³/mol. The van der Waals surface area contributed by atoms with Crippen LogP contribution in [0.1, 0.15) is 67.1 Å². The molecule has 14 heteroatoms. The minimum absolute atomic E-state index is 0.0358. The van der Waals surface area contributed by atoms with Crippen molar-refractivity contribution in [2.45, 2.75) is 51.2 Å². The molecule has 1 aliphatic heterocycles. The highest BCUT2D eigenvalue weighted by Crippen LogP contribution is 2.42. The van der Waals surface area contributed by atoms with E-state index >= 15 is 4.39 Å². The van der Waals surface area contributed by atoms with Gasteiger partial charge >= 0.3 is 6.09 Å². The monoisotopic (exact) mass is 710 g/mol. The number of carbonyl (C=O) groups excluding carboxylic acids is 3. The molecule has 0 bridgehead atoms. The second-order valence-corrected chi connectivity index (χ2v) is 15.3. The van der Waals surface area contributed by atoms with Crippen molar-refractivity contribution < 1.29 is 40.7 Å². The lowest BCUT2D eigenvalue weighted by atomic mass is 9.87.